The molecule has 0 atom stereocenters. The number of nitrogens with two attached hydrogens (primary N) is 1. The molecule has 10 heteroatoms. The number of aromatic nitrogens is 4. The van der Waals surface area contributed by atoms with Crippen LogP contribution in [0, 0.1) is 11.2 Å². The van der Waals surface area contributed by atoms with Gasteiger partial charge in [-0.2, -0.15) is 5.10 Å². The number of ether oxygens (including phenoxy) is 1. The summed E-state index contributed by atoms with van der Waals surface area (Å²) in [5.41, 5.74) is 5.70. The van der Waals surface area contributed by atoms with Gasteiger partial charge in [0.2, 0.25) is 5.91 Å². The van der Waals surface area contributed by atoms with E-state index in [1.807, 2.05) is 0 Å². The minimum Gasteiger partial charge on any atom is -0.487 e. The molecule has 1 amide bonds. The Morgan fingerprint density at radius 2 is 2.10 bits per heavy atom. The van der Waals surface area contributed by atoms with Crippen molar-refractivity contribution in [3.63, 3.8) is 0 Å². The Bertz CT molecular complexity index is 1050. The Hall–Kier alpha value is -3.20. The lowest BCUT2D eigenvalue weighted by atomic mass is 9.70. The SMILES string of the molecule is NC(=O)C1(Cc2cncc(Nc3cc[nH]n3)n2)CCC(Oc2cccc(Cl)c2F)CC1. The summed E-state index contributed by atoms with van der Waals surface area (Å²) in [5.74, 6) is 0.298. The van der Waals surface area contributed by atoms with E-state index >= 15 is 0 Å². The summed E-state index contributed by atoms with van der Waals surface area (Å²) in [4.78, 5) is 21.2. The first-order chi connectivity index (χ1) is 14.9. The van der Waals surface area contributed by atoms with E-state index in [1.54, 1.807) is 36.8 Å². The van der Waals surface area contributed by atoms with Crippen molar-refractivity contribution in [2.45, 2.75) is 38.2 Å². The van der Waals surface area contributed by atoms with Crippen LogP contribution in [0.5, 0.6) is 5.75 Å². The van der Waals surface area contributed by atoms with Crippen molar-refractivity contribution in [1.82, 2.24) is 20.2 Å². The van der Waals surface area contributed by atoms with Crippen molar-refractivity contribution in [3.8, 4) is 5.75 Å². The zero-order valence-corrected chi connectivity index (χ0v) is 17.4. The average molecular weight is 445 g/mol. The zero-order chi connectivity index (χ0) is 21.8. The highest BCUT2D eigenvalue weighted by atomic mass is 35.5. The molecule has 1 aliphatic rings. The van der Waals surface area contributed by atoms with Crippen LogP contribution in [0.3, 0.4) is 0 Å². The summed E-state index contributed by atoms with van der Waals surface area (Å²) in [7, 11) is 0. The minimum atomic E-state index is -0.758. The van der Waals surface area contributed by atoms with Crippen molar-refractivity contribution >= 4 is 29.1 Å². The Labute approximate surface area is 183 Å². The first-order valence-electron chi connectivity index (χ1n) is 9.93. The maximum absolute atomic E-state index is 14.1. The molecule has 1 saturated carbocycles. The van der Waals surface area contributed by atoms with Gasteiger partial charge in [0.1, 0.15) is 5.82 Å². The molecule has 1 fully saturated rings. The maximum Gasteiger partial charge on any atom is 0.224 e. The highest BCUT2D eigenvalue weighted by molar-refractivity contribution is 6.30. The summed E-state index contributed by atoms with van der Waals surface area (Å²) in [6, 6.07) is 6.42. The van der Waals surface area contributed by atoms with Gasteiger partial charge in [-0.15, -0.1) is 0 Å². The molecule has 0 bridgehead atoms. The second-order valence-electron chi connectivity index (χ2n) is 7.67. The number of hydrogen-bond donors (Lipinski definition) is 3. The first kappa shape index (κ1) is 21.0. The van der Waals surface area contributed by atoms with E-state index in [1.165, 1.54) is 6.07 Å². The number of nitrogens with zero attached hydrogens (tertiary/aromatic N) is 3. The number of primary amides is 1. The predicted octanol–water partition coefficient (Wildman–Crippen LogP) is 3.77. The van der Waals surface area contributed by atoms with Gasteiger partial charge in [0.25, 0.3) is 0 Å². The van der Waals surface area contributed by atoms with E-state index in [4.69, 9.17) is 22.1 Å². The standard InChI is InChI=1S/C21H22ClFN6O2/c22-15-2-1-3-16(19(15)23)31-14-4-7-21(8-5-14,20(24)30)10-13-11-25-12-18(27-13)28-17-6-9-26-29-17/h1-3,6,9,11-12,14H,4-5,7-8,10H2,(H2,24,30)(H2,26,27,28,29). The average Bonchev–Trinajstić information content (AvgIpc) is 3.26. The fourth-order valence-electron chi connectivity index (χ4n) is 3.89. The molecule has 0 radical (unpaired) electrons. The van der Waals surface area contributed by atoms with Gasteiger partial charge in [0.15, 0.2) is 17.4 Å². The molecule has 4 rings (SSSR count). The van der Waals surface area contributed by atoms with Crippen LogP contribution in [0.15, 0.2) is 42.9 Å². The fourth-order valence-corrected chi connectivity index (χ4v) is 4.05. The maximum atomic E-state index is 14.1. The van der Waals surface area contributed by atoms with Crippen LogP contribution in [0.25, 0.3) is 0 Å². The molecule has 4 N–H and O–H groups in total. The molecule has 8 nitrogen and oxygen atoms in total. The van der Waals surface area contributed by atoms with Crippen LogP contribution in [0.2, 0.25) is 5.02 Å². The van der Waals surface area contributed by atoms with Crippen LogP contribution >= 0.6 is 11.6 Å². The first-order valence-corrected chi connectivity index (χ1v) is 10.3. The Balaban J connectivity index is 1.43. The molecule has 1 aromatic carbocycles. The van der Waals surface area contributed by atoms with Gasteiger partial charge in [0, 0.05) is 24.9 Å². The normalized spacial score (nSPS) is 20.9. The number of rotatable bonds is 7. The molecule has 162 valence electrons. The Morgan fingerprint density at radius 1 is 1.29 bits per heavy atom. The lowest BCUT2D eigenvalue weighted by Crippen LogP contribution is -2.44. The van der Waals surface area contributed by atoms with E-state index in [0.717, 1.165) is 0 Å². The van der Waals surface area contributed by atoms with Gasteiger partial charge in [-0.25, -0.2) is 9.37 Å². The number of carbonyl (C=O) groups is 1. The fraction of sp³-hybridized carbons (Fsp3) is 0.333. The van der Waals surface area contributed by atoms with E-state index in [-0.39, 0.29) is 22.8 Å². The Morgan fingerprint density at radius 3 is 2.81 bits per heavy atom. The molecule has 1 aliphatic carbocycles. The number of hydrogen-bond acceptors (Lipinski definition) is 6. The van der Waals surface area contributed by atoms with Gasteiger partial charge < -0.3 is 15.8 Å². The van der Waals surface area contributed by atoms with Gasteiger partial charge in [-0.1, -0.05) is 17.7 Å². The van der Waals surface area contributed by atoms with Gasteiger partial charge >= 0.3 is 0 Å². The summed E-state index contributed by atoms with van der Waals surface area (Å²) in [6.07, 6.45) is 7.19. The molecule has 2 aromatic heterocycles. The van der Waals surface area contributed by atoms with Gasteiger partial charge in [-0.05, 0) is 37.8 Å². The summed E-state index contributed by atoms with van der Waals surface area (Å²) < 4.78 is 19.9. The third kappa shape index (κ3) is 4.77. The third-order valence-electron chi connectivity index (χ3n) is 5.58. The van der Waals surface area contributed by atoms with Crippen LogP contribution in [0.1, 0.15) is 31.4 Å². The highest BCUT2D eigenvalue weighted by Crippen LogP contribution is 2.40. The molecule has 0 aliphatic heterocycles. The third-order valence-corrected chi connectivity index (χ3v) is 5.87. The van der Waals surface area contributed by atoms with E-state index in [9.17, 15) is 9.18 Å². The lowest BCUT2D eigenvalue weighted by Gasteiger charge is -2.37. The molecule has 0 unspecified atom stereocenters. The van der Waals surface area contributed by atoms with E-state index in [0.29, 0.717) is 49.4 Å². The number of nitrogens with one attached hydrogen (secondary N) is 2. The van der Waals surface area contributed by atoms with Crippen molar-refractivity contribution in [2.24, 2.45) is 11.1 Å². The number of anilines is 2. The van der Waals surface area contributed by atoms with Gasteiger partial charge in [0.05, 0.1) is 28.4 Å². The van der Waals surface area contributed by atoms with Crippen LogP contribution in [-0.4, -0.2) is 32.2 Å². The number of carbonyl (C=O) groups excluding carboxylic acids is 1. The van der Waals surface area contributed by atoms with Crippen molar-refractivity contribution in [2.75, 3.05) is 5.32 Å². The second kappa shape index (κ2) is 8.89. The van der Waals surface area contributed by atoms with Crippen LogP contribution < -0.4 is 15.8 Å². The minimum absolute atomic E-state index is 0.0155. The number of H-pyrrole nitrogens is 1. The largest absolute Gasteiger partial charge is 0.487 e. The monoisotopic (exact) mass is 444 g/mol. The highest BCUT2D eigenvalue weighted by Gasteiger charge is 2.41. The quantitative estimate of drug-likeness (QED) is 0.510. The number of aromatic amines is 1. The molecule has 0 spiro atoms. The van der Waals surface area contributed by atoms with E-state index < -0.39 is 11.2 Å². The molecule has 0 saturated heterocycles. The topological polar surface area (TPSA) is 119 Å². The van der Waals surface area contributed by atoms with Crippen molar-refractivity contribution < 1.29 is 13.9 Å². The smallest absolute Gasteiger partial charge is 0.224 e. The van der Waals surface area contributed by atoms with Crippen LogP contribution in [0.4, 0.5) is 16.0 Å². The van der Waals surface area contributed by atoms with Crippen molar-refractivity contribution in [3.05, 3.63) is 59.4 Å². The molecule has 31 heavy (non-hydrogen) atoms. The Kier molecular flexibility index (Phi) is 6.03. The number of halogens is 2. The molecule has 2 heterocycles. The van der Waals surface area contributed by atoms with Crippen LogP contribution in [-0.2, 0) is 11.2 Å². The number of amides is 1. The summed E-state index contributed by atoms with van der Waals surface area (Å²) in [6.45, 7) is 0. The summed E-state index contributed by atoms with van der Waals surface area (Å²) >= 11 is 5.83. The molecule has 3 aromatic rings. The zero-order valence-electron chi connectivity index (χ0n) is 16.6. The molecular weight excluding hydrogens is 423 g/mol. The predicted molar refractivity (Wildman–Crippen MR) is 114 cm³/mol. The van der Waals surface area contributed by atoms with Gasteiger partial charge in [-0.3, -0.25) is 14.9 Å². The van der Waals surface area contributed by atoms with E-state index in [2.05, 4.69) is 25.5 Å². The lowest BCUT2D eigenvalue weighted by molar-refractivity contribution is -0.130. The summed E-state index contributed by atoms with van der Waals surface area (Å²) in [5, 5.41) is 9.81. The number of benzene rings is 1. The van der Waals surface area contributed by atoms with Crippen molar-refractivity contribution in [1.29, 1.82) is 0 Å². The molecular formula is C21H22ClFN6O2. The second-order valence-corrected chi connectivity index (χ2v) is 8.08.